The average Bonchev–Trinajstić information content (AvgIpc) is 3.47. The number of amides is 2. The van der Waals surface area contributed by atoms with Crippen molar-refractivity contribution in [2.75, 3.05) is 11.7 Å². The molecule has 0 spiro atoms. The van der Waals surface area contributed by atoms with Gasteiger partial charge in [0.25, 0.3) is 11.8 Å². The van der Waals surface area contributed by atoms with E-state index >= 15 is 0 Å². The first-order valence-electron chi connectivity index (χ1n) is 12.9. The summed E-state index contributed by atoms with van der Waals surface area (Å²) >= 11 is 7.66. The van der Waals surface area contributed by atoms with Crippen LogP contribution in [0.1, 0.15) is 27.4 Å². The molecule has 7 rings (SSSR count). The summed E-state index contributed by atoms with van der Waals surface area (Å²) in [5, 5.41) is 4.34. The number of halogens is 1. The van der Waals surface area contributed by atoms with Crippen molar-refractivity contribution in [2.45, 2.75) is 12.0 Å². The number of hydrogen-bond acceptors (Lipinski definition) is 6. The number of carbonyl (C=O) groups is 2. The predicted molar refractivity (Wildman–Crippen MR) is 159 cm³/mol. The largest absolute Gasteiger partial charge is 0.454 e. The fourth-order valence-electron chi connectivity index (χ4n) is 5.41. The quantitative estimate of drug-likeness (QED) is 0.271. The monoisotopic (exact) mass is 580 g/mol. The van der Waals surface area contributed by atoms with E-state index in [9.17, 15) is 14.4 Å². The molecule has 1 N–H and O–H groups in total. The summed E-state index contributed by atoms with van der Waals surface area (Å²) in [4.78, 5) is 43.9. The first-order chi connectivity index (χ1) is 20.0. The summed E-state index contributed by atoms with van der Waals surface area (Å²) in [6, 6.07) is 27.2. The molecule has 3 heterocycles. The molecular formula is C32H21ClN2O5S. The maximum Gasteiger partial charge on any atom is 0.255 e. The van der Waals surface area contributed by atoms with Gasteiger partial charge in [0.1, 0.15) is 11.0 Å². The molecule has 0 aliphatic carbocycles. The van der Waals surface area contributed by atoms with Crippen LogP contribution in [-0.2, 0) is 4.79 Å². The fourth-order valence-corrected chi connectivity index (χ4v) is 6.80. The number of para-hydroxylation sites is 1. The Bertz CT molecular complexity index is 1890. The molecule has 7 nitrogen and oxygen atoms in total. The number of benzene rings is 4. The minimum absolute atomic E-state index is 0.0763. The molecule has 0 unspecified atom stereocenters. The van der Waals surface area contributed by atoms with Crippen molar-refractivity contribution in [3.8, 4) is 11.5 Å². The Morgan fingerprint density at radius 1 is 0.878 bits per heavy atom. The highest BCUT2D eigenvalue weighted by atomic mass is 35.5. The number of fused-ring (bicyclic) bond motifs is 3. The highest BCUT2D eigenvalue weighted by molar-refractivity contribution is 7.22. The van der Waals surface area contributed by atoms with E-state index in [1.165, 1.54) is 16.2 Å². The summed E-state index contributed by atoms with van der Waals surface area (Å²) in [5.74, 6) is -0.519. The van der Waals surface area contributed by atoms with E-state index in [4.69, 9.17) is 21.1 Å². The van der Waals surface area contributed by atoms with Gasteiger partial charge in [-0.3, -0.25) is 19.3 Å². The molecule has 0 bridgehead atoms. The van der Waals surface area contributed by atoms with Crippen LogP contribution in [0.25, 0.3) is 10.1 Å². The molecule has 4 aromatic carbocycles. The van der Waals surface area contributed by atoms with Crippen LogP contribution >= 0.6 is 22.9 Å². The van der Waals surface area contributed by atoms with Gasteiger partial charge in [-0.1, -0.05) is 54.1 Å². The molecular weight excluding hydrogens is 560 g/mol. The van der Waals surface area contributed by atoms with Gasteiger partial charge in [0.05, 0.1) is 0 Å². The summed E-state index contributed by atoms with van der Waals surface area (Å²) in [7, 11) is 0. The van der Waals surface area contributed by atoms with E-state index in [1.807, 2.05) is 36.4 Å². The molecule has 1 aromatic heterocycles. The Kier molecular flexibility index (Phi) is 6.22. The molecule has 0 saturated heterocycles. The normalized spacial score (nSPS) is 17.4. The summed E-state index contributed by atoms with van der Waals surface area (Å²) in [5.41, 5.74) is 1.76. The molecule has 2 atom stereocenters. The van der Waals surface area contributed by atoms with Crippen LogP contribution in [0.3, 0.4) is 0 Å². The number of nitrogens with one attached hydrogen (secondary N) is 1. The van der Waals surface area contributed by atoms with Gasteiger partial charge in [0.2, 0.25) is 6.79 Å². The van der Waals surface area contributed by atoms with E-state index < -0.39 is 17.9 Å². The van der Waals surface area contributed by atoms with Crippen molar-refractivity contribution in [1.82, 2.24) is 5.32 Å². The van der Waals surface area contributed by atoms with E-state index in [1.54, 1.807) is 60.7 Å². The minimum atomic E-state index is -1.10. The zero-order valence-electron chi connectivity index (χ0n) is 21.4. The van der Waals surface area contributed by atoms with Crippen molar-refractivity contribution in [1.29, 1.82) is 0 Å². The van der Waals surface area contributed by atoms with Crippen LogP contribution in [-0.4, -0.2) is 24.6 Å². The molecule has 2 aliphatic rings. The first-order valence-corrected chi connectivity index (χ1v) is 14.1. The predicted octanol–water partition coefficient (Wildman–Crippen LogP) is 6.25. The molecule has 2 aliphatic heterocycles. The summed E-state index contributed by atoms with van der Waals surface area (Å²) in [6.07, 6.45) is 0. The smallest absolute Gasteiger partial charge is 0.255 e. The van der Waals surface area contributed by atoms with Gasteiger partial charge in [-0.25, -0.2) is 0 Å². The van der Waals surface area contributed by atoms with Gasteiger partial charge in [0, 0.05) is 37.8 Å². The van der Waals surface area contributed by atoms with Gasteiger partial charge >= 0.3 is 0 Å². The van der Waals surface area contributed by atoms with Gasteiger partial charge in [-0.05, 0) is 60.2 Å². The van der Waals surface area contributed by atoms with Gasteiger partial charge in [0.15, 0.2) is 16.9 Å². The first kappa shape index (κ1) is 25.3. The highest BCUT2D eigenvalue weighted by Crippen LogP contribution is 2.47. The number of anilines is 2. The van der Waals surface area contributed by atoms with Crippen LogP contribution in [0.5, 0.6) is 11.5 Å². The van der Waals surface area contributed by atoms with Gasteiger partial charge < -0.3 is 14.8 Å². The Balaban J connectivity index is 1.50. The third kappa shape index (κ3) is 4.32. The van der Waals surface area contributed by atoms with Crippen molar-refractivity contribution >= 4 is 55.5 Å². The maximum absolute atomic E-state index is 14.5. The summed E-state index contributed by atoms with van der Waals surface area (Å²) < 4.78 is 11.8. The zero-order chi connectivity index (χ0) is 28.1. The lowest BCUT2D eigenvalue weighted by molar-refractivity contribution is -0.120. The topological polar surface area (TPSA) is 84.9 Å². The van der Waals surface area contributed by atoms with E-state index in [-0.39, 0.29) is 18.1 Å². The molecule has 9 heteroatoms. The Morgan fingerprint density at radius 2 is 1.61 bits per heavy atom. The third-order valence-electron chi connectivity index (χ3n) is 7.29. The standard InChI is InChI=1S/C32H21ClN2O5S/c33-20-12-14-25-22(16-20)29(36)27-26(19-11-13-23-24(15-19)40-17-39-23)28(34-30(37)18-7-3-1-4-8-18)31(38)35(32(27)41-25)21-9-5-2-6-10-21/h1-16,26,28H,17H2,(H,34,37)/t26-,28-/m1/s1. The molecule has 0 radical (unpaired) electrons. The Hall–Kier alpha value is -4.66. The van der Waals surface area contributed by atoms with Crippen LogP contribution in [0, 0.1) is 0 Å². The fraction of sp³-hybridized carbons (Fsp3) is 0.0938. The second-order valence-corrected chi connectivity index (χ2v) is 11.2. The van der Waals surface area contributed by atoms with Gasteiger partial charge in [-0.2, -0.15) is 0 Å². The zero-order valence-corrected chi connectivity index (χ0v) is 22.9. The van der Waals surface area contributed by atoms with Crippen molar-refractivity contribution in [2.24, 2.45) is 0 Å². The highest BCUT2D eigenvalue weighted by Gasteiger charge is 2.45. The number of carbonyl (C=O) groups excluding carboxylic acids is 2. The molecule has 202 valence electrons. The summed E-state index contributed by atoms with van der Waals surface area (Å²) in [6.45, 7) is 0.0763. The second-order valence-electron chi connectivity index (χ2n) is 9.71. The lowest BCUT2D eigenvalue weighted by atomic mass is 9.81. The van der Waals surface area contributed by atoms with Crippen LogP contribution in [0.4, 0.5) is 10.7 Å². The number of hydrogen-bond donors (Lipinski definition) is 1. The van der Waals surface area contributed by atoms with Crippen LogP contribution in [0.2, 0.25) is 5.02 Å². The maximum atomic E-state index is 14.5. The molecule has 5 aromatic rings. The lowest BCUT2D eigenvalue weighted by Gasteiger charge is -2.39. The van der Waals surface area contributed by atoms with E-state index in [0.717, 1.165) is 0 Å². The number of ether oxygens (including phenoxy) is 2. The molecule has 2 amide bonds. The van der Waals surface area contributed by atoms with Crippen molar-refractivity contribution in [3.05, 3.63) is 129 Å². The lowest BCUT2D eigenvalue weighted by Crippen LogP contribution is -2.54. The van der Waals surface area contributed by atoms with Crippen LogP contribution < -0.4 is 25.1 Å². The number of rotatable bonds is 4. The van der Waals surface area contributed by atoms with Crippen LogP contribution in [0.15, 0.2) is 102 Å². The third-order valence-corrected chi connectivity index (χ3v) is 8.70. The Labute approximate surface area is 243 Å². The van der Waals surface area contributed by atoms with E-state index in [2.05, 4.69) is 5.32 Å². The minimum Gasteiger partial charge on any atom is -0.454 e. The Morgan fingerprint density at radius 3 is 2.39 bits per heavy atom. The average molecular weight is 581 g/mol. The second kappa shape index (κ2) is 10.1. The SMILES string of the molecule is O=C(N[C@H]1C(=O)N(c2ccccc2)c2sc3ccc(Cl)cc3c(=O)c2[C@H]1c1ccc2c(c1)OCO2)c1ccccc1. The van der Waals surface area contributed by atoms with Gasteiger partial charge in [-0.15, -0.1) is 11.3 Å². The van der Waals surface area contributed by atoms with Crippen molar-refractivity contribution < 1.29 is 19.1 Å². The van der Waals surface area contributed by atoms with E-state index in [0.29, 0.717) is 54.0 Å². The molecule has 41 heavy (non-hydrogen) atoms. The molecule has 0 saturated carbocycles. The van der Waals surface area contributed by atoms with Crippen molar-refractivity contribution in [3.63, 3.8) is 0 Å². The molecule has 0 fully saturated rings. The number of nitrogens with zero attached hydrogens (tertiary/aromatic N) is 1.